The molecule has 0 aliphatic rings. The van der Waals surface area contributed by atoms with Crippen LogP contribution in [0.15, 0.2) is 47.8 Å². The summed E-state index contributed by atoms with van der Waals surface area (Å²) < 4.78 is 21.5. The van der Waals surface area contributed by atoms with Crippen molar-refractivity contribution in [1.82, 2.24) is 4.98 Å². The topological polar surface area (TPSA) is 66.9 Å². The van der Waals surface area contributed by atoms with Gasteiger partial charge in [0.25, 0.3) is 0 Å². The zero-order valence-electron chi connectivity index (χ0n) is 15.9. The first-order chi connectivity index (χ1) is 13.6. The third-order valence-electron chi connectivity index (χ3n) is 4.01. The lowest BCUT2D eigenvalue weighted by Gasteiger charge is -2.10. The van der Waals surface area contributed by atoms with Crippen LogP contribution in [0.1, 0.15) is 11.3 Å². The summed E-state index contributed by atoms with van der Waals surface area (Å²) in [4.78, 5) is 16.5. The van der Waals surface area contributed by atoms with Gasteiger partial charge in [0.1, 0.15) is 17.4 Å². The molecule has 0 atom stereocenters. The van der Waals surface area contributed by atoms with Gasteiger partial charge in [0, 0.05) is 5.38 Å². The Kier molecular flexibility index (Phi) is 6.49. The Morgan fingerprint density at radius 1 is 1.04 bits per heavy atom. The molecule has 0 fully saturated rings. The number of esters is 1. The SMILES string of the molecule is COc1cccc(-c2nc(COC(=O)COc3ccccc3C)cs2)c1OC. The Morgan fingerprint density at radius 3 is 2.57 bits per heavy atom. The van der Waals surface area contributed by atoms with Gasteiger partial charge in [0.2, 0.25) is 0 Å². The molecule has 0 spiro atoms. The number of aromatic nitrogens is 1. The lowest BCUT2D eigenvalue weighted by Crippen LogP contribution is -2.15. The van der Waals surface area contributed by atoms with Crippen molar-refractivity contribution in [3.05, 3.63) is 59.1 Å². The summed E-state index contributed by atoms with van der Waals surface area (Å²) in [6.45, 7) is 1.86. The molecule has 0 saturated heterocycles. The van der Waals surface area contributed by atoms with Crippen molar-refractivity contribution in [2.24, 2.45) is 0 Å². The number of benzene rings is 2. The lowest BCUT2D eigenvalue weighted by atomic mass is 10.2. The van der Waals surface area contributed by atoms with Crippen LogP contribution in [-0.2, 0) is 16.1 Å². The quantitative estimate of drug-likeness (QED) is 0.528. The van der Waals surface area contributed by atoms with E-state index < -0.39 is 5.97 Å². The number of hydrogen-bond acceptors (Lipinski definition) is 7. The second kappa shape index (κ2) is 9.23. The van der Waals surface area contributed by atoms with Gasteiger partial charge in [-0.2, -0.15) is 0 Å². The summed E-state index contributed by atoms with van der Waals surface area (Å²) in [6.07, 6.45) is 0. The number of carbonyl (C=O) groups is 1. The molecule has 0 unspecified atom stereocenters. The van der Waals surface area contributed by atoms with Gasteiger partial charge in [0.15, 0.2) is 18.1 Å². The highest BCUT2D eigenvalue weighted by Crippen LogP contribution is 2.39. The summed E-state index contributed by atoms with van der Waals surface area (Å²) in [7, 11) is 3.18. The van der Waals surface area contributed by atoms with E-state index in [1.165, 1.54) is 11.3 Å². The largest absolute Gasteiger partial charge is 0.493 e. The normalized spacial score (nSPS) is 10.4. The molecule has 2 aromatic carbocycles. The fraction of sp³-hybridized carbons (Fsp3) is 0.238. The Morgan fingerprint density at radius 2 is 1.82 bits per heavy atom. The number of ether oxygens (including phenoxy) is 4. The van der Waals surface area contributed by atoms with E-state index >= 15 is 0 Å². The summed E-state index contributed by atoms with van der Waals surface area (Å²) >= 11 is 1.45. The number of methoxy groups -OCH3 is 2. The highest BCUT2D eigenvalue weighted by atomic mass is 32.1. The van der Waals surface area contributed by atoms with Crippen LogP contribution in [0.2, 0.25) is 0 Å². The first-order valence-electron chi connectivity index (χ1n) is 8.62. The van der Waals surface area contributed by atoms with Gasteiger partial charge in [-0.25, -0.2) is 9.78 Å². The van der Waals surface area contributed by atoms with Crippen molar-refractivity contribution in [2.75, 3.05) is 20.8 Å². The highest BCUT2D eigenvalue weighted by Gasteiger charge is 2.15. The summed E-state index contributed by atoms with van der Waals surface area (Å²) in [5.41, 5.74) is 2.45. The molecular formula is C21H21NO5S. The molecule has 6 nitrogen and oxygen atoms in total. The van der Waals surface area contributed by atoms with E-state index in [4.69, 9.17) is 18.9 Å². The minimum Gasteiger partial charge on any atom is -0.493 e. The van der Waals surface area contributed by atoms with Crippen LogP contribution in [0.3, 0.4) is 0 Å². The van der Waals surface area contributed by atoms with Gasteiger partial charge in [0.05, 0.1) is 25.5 Å². The fourth-order valence-corrected chi connectivity index (χ4v) is 3.43. The molecule has 0 N–H and O–H groups in total. The third-order valence-corrected chi connectivity index (χ3v) is 4.93. The van der Waals surface area contributed by atoms with E-state index in [9.17, 15) is 4.79 Å². The predicted octanol–water partition coefficient (Wildman–Crippen LogP) is 4.26. The Hall–Kier alpha value is -3.06. The van der Waals surface area contributed by atoms with Gasteiger partial charge < -0.3 is 18.9 Å². The molecule has 0 radical (unpaired) electrons. The monoisotopic (exact) mass is 399 g/mol. The van der Waals surface area contributed by atoms with Gasteiger partial charge in [-0.05, 0) is 30.7 Å². The molecule has 7 heteroatoms. The van der Waals surface area contributed by atoms with E-state index in [0.29, 0.717) is 22.9 Å². The molecule has 0 bridgehead atoms. The second-order valence-electron chi connectivity index (χ2n) is 5.90. The third kappa shape index (κ3) is 4.61. The minimum atomic E-state index is -0.447. The van der Waals surface area contributed by atoms with Crippen molar-refractivity contribution < 1.29 is 23.7 Å². The molecule has 3 rings (SSSR count). The van der Waals surface area contributed by atoms with Crippen molar-refractivity contribution >= 4 is 17.3 Å². The summed E-state index contributed by atoms with van der Waals surface area (Å²) in [6, 6.07) is 13.1. The average molecular weight is 399 g/mol. The number of nitrogens with zero attached hydrogens (tertiary/aromatic N) is 1. The lowest BCUT2D eigenvalue weighted by molar-refractivity contribution is -0.147. The second-order valence-corrected chi connectivity index (χ2v) is 6.76. The molecule has 0 saturated carbocycles. The van der Waals surface area contributed by atoms with Crippen LogP contribution in [0.5, 0.6) is 17.2 Å². The van der Waals surface area contributed by atoms with Crippen molar-refractivity contribution in [3.8, 4) is 27.8 Å². The number of thiazole rings is 1. The number of para-hydroxylation sites is 2. The molecular weight excluding hydrogens is 378 g/mol. The van der Waals surface area contributed by atoms with Crippen LogP contribution in [0.4, 0.5) is 0 Å². The average Bonchev–Trinajstić information content (AvgIpc) is 3.19. The zero-order valence-corrected chi connectivity index (χ0v) is 16.7. The van der Waals surface area contributed by atoms with E-state index in [1.54, 1.807) is 14.2 Å². The molecule has 1 heterocycles. The van der Waals surface area contributed by atoms with Gasteiger partial charge in [-0.3, -0.25) is 0 Å². The Bertz CT molecular complexity index is 953. The van der Waals surface area contributed by atoms with Crippen molar-refractivity contribution in [3.63, 3.8) is 0 Å². The van der Waals surface area contributed by atoms with Gasteiger partial charge >= 0.3 is 5.97 Å². The predicted molar refractivity (Wildman–Crippen MR) is 107 cm³/mol. The van der Waals surface area contributed by atoms with Crippen LogP contribution in [-0.4, -0.2) is 31.8 Å². The van der Waals surface area contributed by atoms with Crippen LogP contribution in [0, 0.1) is 6.92 Å². The molecule has 146 valence electrons. The minimum absolute atomic E-state index is 0.0821. The zero-order chi connectivity index (χ0) is 19.9. The molecule has 0 aliphatic heterocycles. The Labute approximate surface area is 167 Å². The molecule has 3 aromatic rings. The highest BCUT2D eigenvalue weighted by molar-refractivity contribution is 7.13. The van der Waals surface area contributed by atoms with Crippen LogP contribution in [0.25, 0.3) is 10.6 Å². The summed E-state index contributed by atoms with van der Waals surface area (Å²) in [5, 5.41) is 2.61. The number of rotatable bonds is 8. The van der Waals surface area contributed by atoms with Gasteiger partial charge in [-0.15, -0.1) is 11.3 Å². The van der Waals surface area contributed by atoms with Crippen molar-refractivity contribution in [2.45, 2.75) is 13.5 Å². The maximum atomic E-state index is 12.0. The van der Waals surface area contributed by atoms with E-state index in [0.717, 1.165) is 16.1 Å². The molecule has 1 aromatic heterocycles. The smallest absolute Gasteiger partial charge is 0.344 e. The Balaban J connectivity index is 1.59. The maximum absolute atomic E-state index is 12.0. The molecule has 28 heavy (non-hydrogen) atoms. The molecule has 0 amide bonds. The van der Waals surface area contributed by atoms with Crippen LogP contribution >= 0.6 is 11.3 Å². The van der Waals surface area contributed by atoms with E-state index in [-0.39, 0.29) is 13.2 Å². The number of hydrogen-bond donors (Lipinski definition) is 0. The van der Waals surface area contributed by atoms with E-state index in [2.05, 4.69) is 4.98 Å². The standard InChI is InChI=1S/C21H21NO5S/c1-14-7-4-5-9-17(14)26-12-19(23)27-11-15-13-28-21(22-15)16-8-6-10-18(24-2)20(16)25-3/h4-10,13H,11-12H2,1-3H3. The van der Waals surface area contributed by atoms with Gasteiger partial charge in [-0.1, -0.05) is 24.3 Å². The fourth-order valence-electron chi connectivity index (χ4n) is 2.60. The first kappa shape index (κ1) is 19.7. The van der Waals surface area contributed by atoms with E-state index in [1.807, 2.05) is 54.8 Å². The van der Waals surface area contributed by atoms with Crippen LogP contribution < -0.4 is 14.2 Å². The first-order valence-corrected chi connectivity index (χ1v) is 9.50. The number of aryl methyl sites for hydroxylation is 1. The summed E-state index contributed by atoms with van der Waals surface area (Å²) in [5.74, 6) is 1.48. The number of carbonyl (C=O) groups excluding carboxylic acids is 1. The van der Waals surface area contributed by atoms with Crippen molar-refractivity contribution in [1.29, 1.82) is 0 Å². The maximum Gasteiger partial charge on any atom is 0.344 e. The molecule has 0 aliphatic carbocycles.